The molecule has 2 rings (SSSR count). The Morgan fingerprint density at radius 2 is 1.81 bits per heavy atom. The smallest absolute Gasteiger partial charge is 0.151 e. The molecule has 0 amide bonds. The molecule has 16 heavy (non-hydrogen) atoms. The minimum absolute atomic E-state index is 0.484. The van der Waals surface area contributed by atoms with E-state index in [4.69, 9.17) is 5.73 Å². The summed E-state index contributed by atoms with van der Waals surface area (Å²) >= 11 is 0. The van der Waals surface area contributed by atoms with Crippen LogP contribution < -0.4 is 10.6 Å². The maximum atomic E-state index is 5.54. The van der Waals surface area contributed by atoms with Gasteiger partial charge >= 0.3 is 0 Å². The molecule has 0 saturated heterocycles. The van der Waals surface area contributed by atoms with Crippen LogP contribution in [0, 0.1) is 0 Å². The van der Waals surface area contributed by atoms with Crippen LogP contribution in [0.2, 0.25) is 0 Å². The standard InChI is InChI=1S/C12H20N4/c1-16(10-6-4-2-3-5-7-10)12-9-8-11(13)14-15-12/h8-10H,2-7H2,1H3,(H2,13,14). The van der Waals surface area contributed by atoms with Gasteiger partial charge in [-0.2, -0.15) is 0 Å². The summed E-state index contributed by atoms with van der Waals surface area (Å²) in [7, 11) is 2.11. The Morgan fingerprint density at radius 1 is 1.12 bits per heavy atom. The fourth-order valence-corrected chi connectivity index (χ4v) is 2.36. The van der Waals surface area contributed by atoms with Gasteiger partial charge in [0.25, 0.3) is 0 Å². The van der Waals surface area contributed by atoms with Crippen molar-refractivity contribution in [1.29, 1.82) is 0 Å². The molecule has 1 aliphatic carbocycles. The van der Waals surface area contributed by atoms with Gasteiger partial charge in [-0.1, -0.05) is 25.7 Å². The second-order valence-corrected chi connectivity index (χ2v) is 4.57. The summed E-state index contributed by atoms with van der Waals surface area (Å²) in [6, 6.07) is 4.38. The molecule has 1 aromatic rings. The van der Waals surface area contributed by atoms with Gasteiger partial charge in [0.05, 0.1) is 0 Å². The number of hydrogen-bond donors (Lipinski definition) is 1. The number of rotatable bonds is 2. The average molecular weight is 220 g/mol. The van der Waals surface area contributed by atoms with Crippen molar-refractivity contribution in [3.8, 4) is 0 Å². The van der Waals surface area contributed by atoms with Crippen molar-refractivity contribution in [1.82, 2.24) is 10.2 Å². The molecule has 0 aliphatic heterocycles. The minimum Gasteiger partial charge on any atom is -0.382 e. The summed E-state index contributed by atoms with van der Waals surface area (Å²) in [6.45, 7) is 0. The first-order valence-corrected chi connectivity index (χ1v) is 6.09. The van der Waals surface area contributed by atoms with E-state index in [0.29, 0.717) is 11.9 Å². The highest BCUT2D eigenvalue weighted by molar-refractivity contribution is 5.41. The Labute approximate surface area is 96.9 Å². The maximum Gasteiger partial charge on any atom is 0.151 e. The number of anilines is 2. The fraction of sp³-hybridized carbons (Fsp3) is 0.667. The molecule has 2 N–H and O–H groups in total. The van der Waals surface area contributed by atoms with Crippen LogP contribution in [0.5, 0.6) is 0 Å². The van der Waals surface area contributed by atoms with Crippen LogP contribution >= 0.6 is 0 Å². The Hall–Kier alpha value is -1.32. The van der Waals surface area contributed by atoms with Crippen molar-refractivity contribution in [2.75, 3.05) is 17.7 Å². The molecule has 0 atom stereocenters. The Balaban J connectivity index is 2.04. The predicted molar refractivity (Wildman–Crippen MR) is 66.3 cm³/mol. The van der Waals surface area contributed by atoms with Crippen molar-refractivity contribution in [2.45, 2.75) is 44.6 Å². The molecule has 1 fully saturated rings. The second-order valence-electron chi connectivity index (χ2n) is 4.57. The number of nitrogen functional groups attached to an aromatic ring is 1. The van der Waals surface area contributed by atoms with Gasteiger partial charge in [0.15, 0.2) is 5.82 Å². The van der Waals surface area contributed by atoms with Crippen molar-refractivity contribution in [3.63, 3.8) is 0 Å². The van der Waals surface area contributed by atoms with Crippen LogP contribution in [0.15, 0.2) is 12.1 Å². The normalized spacial score (nSPS) is 18.1. The van der Waals surface area contributed by atoms with Gasteiger partial charge in [-0.3, -0.25) is 0 Å². The first kappa shape index (κ1) is 11.2. The lowest BCUT2D eigenvalue weighted by atomic mass is 10.1. The molecular weight excluding hydrogens is 200 g/mol. The van der Waals surface area contributed by atoms with E-state index in [9.17, 15) is 0 Å². The minimum atomic E-state index is 0.484. The molecular formula is C12H20N4. The highest BCUT2D eigenvalue weighted by Crippen LogP contribution is 2.23. The molecule has 1 aromatic heterocycles. The highest BCUT2D eigenvalue weighted by Gasteiger charge is 2.18. The monoisotopic (exact) mass is 220 g/mol. The molecule has 4 heteroatoms. The molecule has 1 aliphatic rings. The molecule has 0 unspecified atom stereocenters. The quantitative estimate of drug-likeness (QED) is 0.776. The summed E-state index contributed by atoms with van der Waals surface area (Å²) in [5.41, 5.74) is 5.54. The Kier molecular flexibility index (Phi) is 3.59. The molecule has 0 bridgehead atoms. The van der Waals surface area contributed by atoms with Gasteiger partial charge in [-0.15, -0.1) is 10.2 Å². The largest absolute Gasteiger partial charge is 0.382 e. The van der Waals surface area contributed by atoms with E-state index in [0.717, 1.165) is 5.82 Å². The van der Waals surface area contributed by atoms with Gasteiger partial charge in [-0.25, -0.2) is 0 Å². The second kappa shape index (κ2) is 5.14. The van der Waals surface area contributed by atoms with Crippen molar-refractivity contribution in [2.24, 2.45) is 0 Å². The molecule has 88 valence electrons. The van der Waals surface area contributed by atoms with Crippen LogP contribution in [-0.2, 0) is 0 Å². The third kappa shape index (κ3) is 2.62. The fourth-order valence-electron chi connectivity index (χ4n) is 2.36. The first-order valence-electron chi connectivity index (χ1n) is 6.09. The van der Waals surface area contributed by atoms with Crippen molar-refractivity contribution >= 4 is 11.6 Å². The molecule has 0 aromatic carbocycles. The molecule has 1 saturated carbocycles. The first-order chi connectivity index (χ1) is 7.77. The summed E-state index contributed by atoms with van der Waals surface area (Å²) in [4.78, 5) is 2.25. The van der Waals surface area contributed by atoms with E-state index >= 15 is 0 Å². The molecule has 0 spiro atoms. The van der Waals surface area contributed by atoms with Crippen LogP contribution in [-0.4, -0.2) is 23.3 Å². The van der Waals surface area contributed by atoms with Gasteiger partial charge in [0, 0.05) is 13.1 Å². The molecule has 4 nitrogen and oxygen atoms in total. The van der Waals surface area contributed by atoms with E-state index in [-0.39, 0.29) is 0 Å². The zero-order chi connectivity index (χ0) is 11.4. The van der Waals surface area contributed by atoms with Gasteiger partial charge in [-0.05, 0) is 25.0 Å². The van der Waals surface area contributed by atoms with Gasteiger partial charge in [0.1, 0.15) is 5.82 Å². The van der Waals surface area contributed by atoms with Gasteiger partial charge in [0.2, 0.25) is 0 Å². The zero-order valence-corrected chi connectivity index (χ0v) is 9.89. The van der Waals surface area contributed by atoms with E-state index in [1.165, 1.54) is 38.5 Å². The van der Waals surface area contributed by atoms with Crippen LogP contribution in [0.3, 0.4) is 0 Å². The summed E-state index contributed by atoms with van der Waals surface area (Å²) < 4.78 is 0. The van der Waals surface area contributed by atoms with E-state index in [2.05, 4.69) is 22.1 Å². The summed E-state index contributed by atoms with van der Waals surface area (Å²) in [5, 5.41) is 8.04. The van der Waals surface area contributed by atoms with Crippen molar-refractivity contribution in [3.05, 3.63) is 12.1 Å². The number of aromatic nitrogens is 2. The number of nitrogens with two attached hydrogens (primary N) is 1. The topological polar surface area (TPSA) is 55.0 Å². The Morgan fingerprint density at radius 3 is 2.38 bits per heavy atom. The SMILES string of the molecule is CN(c1ccc(N)nn1)C1CCCCCC1. The lowest BCUT2D eigenvalue weighted by molar-refractivity contribution is 0.547. The summed E-state index contributed by atoms with van der Waals surface area (Å²) in [6.07, 6.45) is 7.94. The average Bonchev–Trinajstić information content (AvgIpc) is 2.57. The van der Waals surface area contributed by atoms with E-state index in [1.54, 1.807) is 0 Å². The number of hydrogen-bond acceptors (Lipinski definition) is 4. The van der Waals surface area contributed by atoms with Crippen LogP contribution in [0.1, 0.15) is 38.5 Å². The Bertz CT molecular complexity index is 314. The highest BCUT2D eigenvalue weighted by atomic mass is 15.3. The van der Waals surface area contributed by atoms with Crippen LogP contribution in [0.4, 0.5) is 11.6 Å². The van der Waals surface area contributed by atoms with Crippen LogP contribution in [0.25, 0.3) is 0 Å². The summed E-state index contributed by atoms with van der Waals surface area (Å²) in [5.74, 6) is 1.42. The van der Waals surface area contributed by atoms with Crippen molar-refractivity contribution < 1.29 is 0 Å². The third-order valence-electron chi connectivity index (χ3n) is 3.40. The van der Waals surface area contributed by atoms with Gasteiger partial charge < -0.3 is 10.6 Å². The van der Waals surface area contributed by atoms with E-state index in [1.807, 2.05) is 12.1 Å². The lowest BCUT2D eigenvalue weighted by Gasteiger charge is -2.27. The zero-order valence-electron chi connectivity index (χ0n) is 9.89. The molecule has 1 heterocycles. The molecule has 0 radical (unpaired) electrons. The lowest BCUT2D eigenvalue weighted by Crippen LogP contribution is -2.31. The number of nitrogens with zero attached hydrogens (tertiary/aromatic N) is 3. The predicted octanol–water partition coefficient (Wildman–Crippen LogP) is 2.22. The maximum absolute atomic E-state index is 5.54. The van der Waals surface area contributed by atoms with E-state index < -0.39 is 0 Å². The third-order valence-corrected chi connectivity index (χ3v) is 3.40.